The minimum Gasteiger partial charge on any atom is -0.306 e. The molecule has 0 aromatic heterocycles. The van der Waals surface area contributed by atoms with Crippen LogP contribution in [-0.4, -0.2) is 5.71 Å². The largest absolute Gasteiger partial charge is 0.306 e. The minimum atomic E-state index is 0.573. The second-order valence-electron chi connectivity index (χ2n) is 2.46. The summed E-state index contributed by atoms with van der Waals surface area (Å²) in [6, 6.07) is 0. The molecule has 11 heavy (non-hydrogen) atoms. The summed E-state index contributed by atoms with van der Waals surface area (Å²) in [7, 11) is 0. The lowest BCUT2D eigenvalue weighted by Crippen LogP contribution is -1.86. The molecule has 0 spiro atoms. The highest BCUT2D eigenvalue weighted by Crippen LogP contribution is 2.09. The van der Waals surface area contributed by atoms with Gasteiger partial charge in [0.1, 0.15) is 0 Å². The second-order valence-corrected chi connectivity index (χ2v) is 2.46. The van der Waals surface area contributed by atoms with Crippen molar-refractivity contribution in [2.45, 2.75) is 20.8 Å². The molecule has 60 valence electrons. The van der Waals surface area contributed by atoms with E-state index in [0.29, 0.717) is 5.71 Å². The van der Waals surface area contributed by atoms with Crippen LogP contribution in [0.15, 0.2) is 36.0 Å². The Hall–Kier alpha value is -1.11. The lowest BCUT2D eigenvalue weighted by Gasteiger charge is -1.99. The van der Waals surface area contributed by atoms with Gasteiger partial charge in [-0.05, 0) is 38.0 Å². The Labute approximate surface area is 68.6 Å². The molecule has 0 fully saturated rings. The van der Waals surface area contributed by atoms with Crippen LogP contribution in [0, 0.1) is 5.41 Å². The van der Waals surface area contributed by atoms with E-state index in [2.05, 4.69) is 6.58 Å². The van der Waals surface area contributed by atoms with E-state index < -0.39 is 0 Å². The van der Waals surface area contributed by atoms with Gasteiger partial charge in [0.05, 0.1) is 0 Å². The van der Waals surface area contributed by atoms with Gasteiger partial charge in [-0.25, -0.2) is 0 Å². The average Bonchev–Trinajstić information content (AvgIpc) is 1.88. The SMILES string of the molecule is C=CC(=C/C)/C(C)=C\C(C)=N. The summed E-state index contributed by atoms with van der Waals surface area (Å²) in [4.78, 5) is 0. The van der Waals surface area contributed by atoms with Gasteiger partial charge >= 0.3 is 0 Å². The molecular formula is C10H15N. The van der Waals surface area contributed by atoms with Crippen molar-refractivity contribution in [3.05, 3.63) is 36.0 Å². The highest BCUT2D eigenvalue weighted by Gasteiger charge is 1.92. The number of allylic oxidation sites excluding steroid dienone is 5. The van der Waals surface area contributed by atoms with Crippen LogP contribution >= 0.6 is 0 Å². The van der Waals surface area contributed by atoms with E-state index in [4.69, 9.17) is 5.41 Å². The predicted octanol–water partition coefficient (Wildman–Crippen LogP) is 3.10. The first-order valence-corrected chi connectivity index (χ1v) is 3.64. The molecule has 1 N–H and O–H groups in total. The van der Waals surface area contributed by atoms with Gasteiger partial charge in [-0.15, -0.1) is 0 Å². The van der Waals surface area contributed by atoms with E-state index in [-0.39, 0.29) is 0 Å². The number of hydrogen-bond acceptors (Lipinski definition) is 1. The Balaban J connectivity index is 4.58. The summed E-state index contributed by atoms with van der Waals surface area (Å²) in [6.07, 6.45) is 5.62. The fourth-order valence-corrected chi connectivity index (χ4v) is 0.915. The number of rotatable bonds is 3. The fraction of sp³-hybridized carbons (Fsp3) is 0.300. The van der Waals surface area contributed by atoms with Crippen LogP contribution in [0.4, 0.5) is 0 Å². The molecule has 0 atom stereocenters. The molecule has 0 aliphatic rings. The van der Waals surface area contributed by atoms with Crippen LogP contribution in [0.1, 0.15) is 20.8 Å². The molecule has 1 nitrogen and oxygen atoms in total. The standard InChI is InChI=1S/C10H15N/c1-5-10(6-2)8(3)7-9(4)11/h5-7,11H,1H2,2-4H3/b8-7-,10-6-,11-9?. The number of hydrogen-bond donors (Lipinski definition) is 1. The van der Waals surface area contributed by atoms with Crippen LogP contribution in [-0.2, 0) is 0 Å². The van der Waals surface area contributed by atoms with Crippen LogP contribution in [0.3, 0.4) is 0 Å². The monoisotopic (exact) mass is 149 g/mol. The van der Waals surface area contributed by atoms with Crippen LogP contribution in [0.25, 0.3) is 0 Å². The van der Waals surface area contributed by atoms with Crippen molar-refractivity contribution < 1.29 is 0 Å². The third-order valence-corrected chi connectivity index (χ3v) is 1.42. The Morgan fingerprint density at radius 2 is 1.91 bits per heavy atom. The summed E-state index contributed by atoms with van der Waals surface area (Å²) in [5.41, 5.74) is 2.76. The predicted molar refractivity (Wildman–Crippen MR) is 51.1 cm³/mol. The Morgan fingerprint density at radius 3 is 2.18 bits per heavy atom. The molecule has 0 saturated heterocycles. The summed E-state index contributed by atoms with van der Waals surface area (Å²) in [5, 5.41) is 7.23. The first-order chi connectivity index (χ1) is 5.11. The van der Waals surface area contributed by atoms with Gasteiger partial charge in [0.15, 0.2) is 0 Å². The number of nitrogens with one attached hydrogen (secondary N) is 1. The van der Waals surface area contributed by atoms with Crippen molar-refractivity contribution in [1.29, 1.82) is 5.41 Å². The molecule has 0 aliphatic carbocycles. The molecule has 0 bridgehead atoms. The zero-order chi connectivity index (χ0) is 8.85. The quantitative estimate of drug-likeness (QED) is 0.471. The van der Waals surface area contributed by atoms with Gasteiger partial charge in [-0.2, -0.15) is 0 Å². The maximum Gasteiger partial charge on any atom is 0.0285 e. The van der Waals surface area contributed by atoms with Gasteiger partial charge in [0.2, 0.25) is 0 Å². The Morgan fingerprint density at radius 1 is 1.36 bits per heavy atom. The van der Waals surface area contributed by atoms with Crippen molar-refractivity contribution >= 4 is 5.71 Å². The van der Waals surface area contributed by atoms with Crippen LogP contribution < -0.4 is 0 Å². The minimum absolute atomic E-state index is 0.573. The van der Waals surface area contributed by atoms with Crippen molar-refractivity contribution in [2.75, 3.05) is 0 Å². The molecule has 0 rings (SSSR count). The zero-order valence-electron chi connectivity index (χ0n) is 7.44. The van der Waals surface area contributed by atoms with Gasteiger partial charge in [-0.3, -0.25) is 0 Å². The molecule has 0 aromatic rings. The molecule has 0 amide bonds. The Kier molecular flexibility index (Phi) is 4.20. The molecule has 1 heteroatoms. The van der Waals surface area contributed by atoms with Gasteiger partial charge in [-0.1, -0.05) is 18.7 Å². The lowest BCUT2D eigenvalue weighted by molar-refractivity contribution is 1.40. The Bertz CT molecular complexity index is 219. The lowest BCUT2D eigenvalue weighted by atomic mass is 10.1. The molecule has 0 radical (unpaired) electrons. The van der Waals surface area contributed by atoms with Gasteiger partial charge < -0.3 is 5.41 Å². The maximum absolute atomic E-state index is 7.23. The zero-order valence-corrected chi connectivity index (χ0v) is 7.44. The van der Waals surface area contributed by atoms with E-state index in [1.165, 1.54) is 0 Å². The van der Waals surface area contributed by atoms with Gasteiger partial charge in [0.25, 0.3) is 0 Å². The third kappa shape index (κ3) is 3.56. The van der Waals surface area contributed by atoms with Crippen molar-refractivity contribution in [3.63, 3.8) is 0 Å². The summed E-state index contributed by atoms with van der Waals surface area (Å²) >= 11 is 0. The first kappa shape index (κ1) is 9.89. The molecule has 0 saturated carbocycles. The highest BCUT2D eigenvalue weighted by atomic mass is 14.4. The third-order valence-electron chi connectivity index (χ3n) is 1.42. The van der Waals surface area contributed by atoms with Crippen molar-refractivity contribution in [2.24, 2.45) is 0 Å². The van der Waals surface area contributed by atoms with E-state index in [0.717, 1.165) is 11.1 Å². The summed E-state index contributed by atoms with van der Waals surface area (Å²) in [5.74, 6) is 0. The fourth-order valence-electron chi connectivity index (χ4n) is 0.915. The highest BCUT2D eigenvalue weighted by molar-refractivity contribution is 5.91. The summed E-state index contributed by atoms with van der Waals surface area (Å²) < 4.78 is 0. The molecule has 0 aromatic carbocycles. The first-order valence-electron chi connectivity index (χ1n) is 3.64. The van der Waals surface area contributed by atoms with Crippen molar-refractivity contribution in [3.8, 4) is 0 Å². The maximum atomic E-state index is 7.23. The normalized spacial score (nSPS) is 13.0. The van der Waals surface area contributed by atoms with Gasteiger partial charge in [0, 0.05) is 5.71 Å². The smallest absolute Gasteiger partial charge is 0.0285 e. The second kappa shape index (κ2) is 4.67. The van der Waals surface area contributed by atoms with E-state index in [1.807, 2.05) is 26.0 Å². The summed E-state index contributed by atoms with van der Waals surface area (Å²) in [6.45, 7) is 9.39. The van der Waals surface area contributed by atoms with Crippen LogP contribution in [0.5, 0.6) is 0 Å². The van der Waals surface area contributed by atoms with Crippen LogP contribution in [0.2, 0.25) is 0 Å². The molecule has 0 unspecified atom stereocenters. The van der Waals surface area contributed by atoms with Crippen molar-refractivity contribution in [1.82, 2.24) is 0 Å². The molecule has 0 aliphatic heterocycles. The molecule has 0 heterocycles. The average molecular weight is 149 g/mol. The van der Waals surface area contributed by atoms with E-state index >= 15 is 0 Å². The van der Waals surface area contributed by atoms with E-state index in [1.54, 1.807) is 13.0 Å². The molecular weight excluding hydrogens is 134 g/mol. The van der Waals surface area contributed by atoms with E-state index in [9.17, 15) is 0 Å². The topological polar surface area (TPSA) is 23.9 Å².